The van der Waals surface area contributed by atoms with Crippen LogP contribution < -0.4 is 15.2 Å². The summed E-state index contributed by atoms with van der Waals surface area (Å²) in [7, 11) is 1.60. The predicted octanol–water partition coefficient (Wildman–Crippen LogP) is 3.11. The van der Waals surface area contributed by atoms with Crippen molar-refractivity contribution in [3.8, 4) is 17.7 Å². The lowest BCUT2D eigenvalue weighted by Gasteiger charge is -2.05. The third kappa shape index (κ3) is 3.75. The number of nitrogen functional groups attached to an aromatic ring is 1. The summed E-state index contributed by atoms with van der Waals surface area (Å²) in [6, 6.07) is 15.4. The molecule has 0 aliphatic heterocycles. The highest BCUT2D eigenvalue weighted by atomic mass is 19.1. The van der Waals surface area contributed by atoms with Gasteiger partial charge in [0.15, 0.2) is 5.56 Å². The molecule has 0 unspecified atom stereocenters. The van der Waals surface area contributed by atoms with Crippen molar-refractivity contribution in [1.29, 1.82) is 5.26 Å². The minimum atomic E-state index is -0.316. The van der Waals surface area contributed by atoms with E-state index in [1.807, 2.05) is 30.3 Å². The number of benzene rings is 2. The van der Waals surface area contributed by atoms with Gasteiger partial charge in [0.05, 0.1) is 13.7 Å². The molecule has 7 heteroatoms. The van der Waals surface area contributed by atoms with E-state index in [4.69, 9.17) is 15.2 Å². The second kappa shape index (κ2) is 7.57. The lowest BCUT2D eigenvalue weighted by Crippen LogP contribution is -2.06. The number of ether oxygens (including phenoxy) is 2. The molecule has 0 spiro atoms. The molecule has 1 aromatic heterocycles. The summed E-state index contributed by atoms with van der Waals surface area (Å²) in [6.45, 7) is 0.554. The van der Waals surface area contributed by atoms with Crippen molar-refractivity contribution < 1.29 is 13.9 Å². The number of anilines is 1. The number of hydrogen-bond donors (Lipinski definition) is 1. The number of nitrogens with two attached hydrogens (primary N) is 1. The summed E-state index contributed by atoms with van der Waals surface area (Å²) in [5, 5.41) is 13.6. The van der Waals surface area contributed by atoms with Crippen molar-refractivity contribution in [2.75, 3.05) is 12.8 Å². The second-order valence-corrected chi connectivity index (χ2v) is 5.60. The molecule has 3 rings (SSSR count). The SMILES string of the molecule is COc1ccc(COc2nn(Cc3ccc(F)cc3)c(N)c2C#N)cc1. The number of halogens is 1. The minimum absolute atomic E-state index is 0.169. The largest absolute Gasteiger partial charge is 0.497 e. The van der Waals surface area contributed by atoms with Crippen LogP contribution in [-0.2, 0) is 13.2 Å². The fourth-order valence-corrected chi connectivity index (χ4v) is 2.41. The molecule has 0 saturated carbocycles. The Kier molecular flexibility index (Phi) is 5.04. The summed E-state index contributed by atoms with van der Waals surface area (Å²) >= 11 is 0. The molecular weight excluding hydrogens is 335 g/mol. The Morgan fingerprint density at radius 1 is 1.12 bits per heavy atom. The Labute approximate surface area is 150 Å². The molecule has 0 aliphatic carbocycles. The Morgan fingerprint density at radius 2 is 1.77 bits per heavy atom. The van der Waals surface area contributed by atoms with E-state index >= 15 is 0 Å². The first-order valence-electron chi connectivity index (χ1n) is 7.87. The quantitative estimate of drug-likeness (QED) is 0.737. The molecule has 0 saturated heterocycles. The molecule has 3 aromatic rings. The van der Waals surface area contributed by atoms with Gasteiger partial charge in [0, 0.05) is 0 Å². The van der Waals surface area contributed by atoms with Gasteiger partial charge >= 0.3 is 0 Å². The zero-order chi connectivity index (χ0) is 18.5. The highest BCUT2D eigenvalue weighted by molar-refractivity contribution is 5.55. The van der Waals surface area contributed by atoms with Crippen LogP contribution in [0.2, 0.25) is 0 Å². The van der Waals surface area contributed by atoms with Crippen molar-refractivity contribution in [2.45, 2.75) is 13.2 Å². The summed E-state index contributed by atoms with van der Waals surface area (Å²) in [5.74, 6) is 0.812. The van der Waals surface area contributed by atoms with Crippen LogP contribution in [0.25, 0.3) is 0 Å². The first-order chi connectivity index (χ1) is 12.6. The first kappa shape index (κ1) is 17.3. The van der Waals surface area contributed by atoms with E-state index in [0.29, 0.717) is 6.54 Å². The second-order valence-electron chi connectivity index (χ2n) is 5.60. The van der Waals surface area contributed by atoms with Gasteiger partial charge in [0.2, 0.25) is 0 Å². The van der Waals surface area contributed by atoms with E-state index in [0.717, 1.165) is 16.9 Å². The van der Waals surface area contributed by atoms with Crippen LogP contribution in [0.15, 0.2) is 48.5 Å². The van der Waals surface area contributed by atoms with E-state index in [-0.39, 0.29) is 29.7 Å². The smallest absolute Gasteiger partial charge is 0.253 e. The summed E-state index contributed by atoms with van der Waals surface area (Å²) in [6.07, 6.45) is 0. The lowest BCUT2D eigenvalue weighted by atomic mass is 10.2. The van der Waals surface area contributed by atoms with Gasteiger partial charge in [-0.2, -0.15) is 5.26 Å². The molecule has 0 fully saturated rings. The molecule has 0 amide bonds. The van der Waals surface area contributed by atoms with Crippen LogP contribution in [0.1, 0.15) is 16.7 Å². The molecule has 1 heterocycles. The molecule has 2 N–H and O–H groups in total. The molecule has 2 aromatic carbocycles. The minimum Gasteiger partial charge on any atom is -0.497 e. The maximum Gasteiger partial charge on any atom is 0.253 e. The summed E-state index contributed by atoms with van der Waals surface area (Å²) < 4.78 is 25.3. The summed E-state index contributed by atoms with van der Waals surface area (Å²) in [5.41, 5.74) is 7.90. The van der Waals surface area contributed by atoms with Gasteiger partial charge in [-0.3, -0.25) is 0 Å². The number of rotatable bonds is 6. The zero-order valence-corrected chi connectivity index (χ0v) is 14.1. The predicted molar refractivity (Wildman–Crippen MR) is 94.2 cm³/mol. The highest BCUT2D eigenvalue weighted by Crippen LogP contribution is 2.25. The average Bonchev–Trinajstić information content (AvgIpc) is 2.97. The Hall–Kier alpha value is -3.53. The number of aromatic nitrogens is 2. The molecule has 0 radical (unpaired) electrons. The van der Waals surface area contributed by atoms with Crippen molar-refractivity contribution in [2.24, 2.45) is 0 Å². The van der Waals surface area contributed by atoms with Crippen molar-refractivity contribution in [3.63, 3.8) is 0 Å². The van der Waals surface area contributed by atoms with E-state index in [9.17, 15) is 9.65 Å². The Bertz CT molecular complexity index is 928. The first-order valence-corrected chi connectivity index (χ1v) is 7.87. The number of hydrogen-bond acceptors (Lipinski definition) is 5. The van der Waals surface area contributed by atoms with Crippen LogP contribution >= 0.6 is 0 Å². The number of methoxy groups -OCH3 is 1. The maximum absolute atomic E-state index is 13.0. The van der Waals surface area contributed by atoms with Gasteiger partial charge in [0.25, 0.3) is 5.88 Å². The fraction of sp³-hybridized carbons (Fsp3) is 0.158. The van der Waals surface area contributed by atoms with Gasteiger partial charge in [-0.15, -0.1) is 5.10 Å². The summed E-state index contributed by atoms with van der Waals surface area (Å²) in [4.78, 5) is 0. The maximum atomic E-state index is 13.0. The number of nitrogens with zero attached hydrogens (tertiary/aromatic N) is 3. The van der Waals surface area contributed by atoms with Gasteiger partial charge in [0.1, 0.15) is 30.1 Å². The molecule has 6 nitrogen and oxygen atoms in total. The Morgan fingerprint density at radius 3 is 2.38 bits per heavy atom. The molecule has 132 valence electrons. The molecule has 26 heavy (non-hydrogen) atoms. The van der Waals surface area contributed by atoms with Crippen LogP contribution in [0.5, 0.6) is 11.6 Å². The van der Waals surface area contributed by atoms with Gasteiger partial charge < -0.3 is 15.2 Å². The van der Waals surface area contributed by atoms with Gasteiger partial charge in [-0.25, -0.2) is 9.07 Å². The van der Waals surface area contributed by atoms with Gasteiger partial charge in [-0.05, 0) is 35.4 Å². The van der Waals surface area contributed by atoms with E-state index in [2.05, 4.69) is 5.10 Å². The van der Waals surface area contributed by atoms with Crippen LogP contribution in [0.3, 0.4) is 0 Å². The van der Waals surface area contributed by atoms with E-state index < -0.39 is 0 Å². The molecule has 0 aliphatic rings. The van der Waals surface area contributed by atoms with Crippen molar-refractivity contribution >= 4 is 5.82 Å². The van der Waals surface area contributed by atoms with Crippen molar-refractivity contribution in [1.82, 2.24) is 9.78 Å². The Balaban J connectivity index is 1.76. The third-order valence-electron chi connectivity index (χ3n) is 3.85. The average molecular weight is 352 g/mol. The molecule has 0 atom stereocenters. The normalized spacial score (nSPS) is 10.3. The van der Waals surface area contributed by atoms with E-state index in [1.54, 1.807) is 19.2 Å². The monoisotopic (exact) mass is 352 g/mol. The standard InChI is InChI=1S/C19H17FN4O2/c1-25-16-8-4-14(5-9-16)12-26-19-17(10-21)18(22)24(23-19)11-13-2-6-15(20)7-3-13/h2-9H,11-12,22H2,1H3. The third-order valence-corrected chi connectivity index (χ3v) is 3.85. The van der Waals surface area contributed by atoms with E-state index in [1.165, 1.54) is 16.8 Å². The van der Waals surface area contributed by atoms with Crippen LogP contribution in [0.4, 0.5) is 10.2 Å². The zero-order valence-electron chi connectivity index (χ0n) is 14.1. The number of nitriles is 1. The van der Waals surface area contributed by atoms with Crippen LogP contribution in [-0.4, -0.2) is 16.9 Å². The topological polar surface area (TPSA) is 86.1 Å². The van der Waals surface area contributed by atoms with Gasteiger partial charge in [-0.1, -0.05) is 24.3 Å². The molecule has 0 bridgehead atoms. The fourth-order valence-electron chi connectivity index (χ4n) is 2.41. The van der Waals surface area contributed by atoms with Crippen LogP contribution in [0, 0.1) is 17.1 Å². The van der Waals surface area contributed by atoms with Crippen molar-refractivity contribution in [3.05, 3.63) is 71.0 Å². The molecular formula is C19H17FN4O2. The lowest BCUT2D eigenvalue weighted by molar-refractivity contribution is 0.289. The highest BCUT2D eigenvalue weighted by Gasteiger charge is 2.17.